The van der Waals surface area contributed by atoms with Gasteiger partial charge in [-0.25, -0.2) is 4.79 Å². The highest BCUT2D eigenvalue weighted by molar-refractivity contribution is 5.92. The molecule has 0 radical (unpaired) electrons. The first kappa shape index (κ1) is 21.4. The number of carboxylic acid groups (broad SMARTS) is 1. The number of carbonyl (C=O) groups is 4. The molecule has 1 aromatic rings. The Morgan fingerprint density at radius 1 is 1.21 bits per heavy atom. The molecule has 1 aromatic carbocycles. The normalized spacial score (nSPS) is 18.3. The van der Waals surface area contributed by atoms with Gasteiger partial charge < -0.3 is 26.8 Å². The van der Waals surface area contributed by atoms with Crippen LogP contribution in [0.5, 0.6) is 0 Å². The lowest BCUT2D eigenvalue weighted by Crippen LogP contribution is -2.55. The van der Waals surface area contributed by atoms with E-state index in [9.17, 15) is 24.3 Å². The van der Waals surface area contributed by atoms with Crippen LogP contribution in [0.3, 0.4) is 0 Å². The Hall–Kier alpha value is -2.94. The molecule has 1 heterocycles. The average molecular weight is 390 g/mol. The Morgan fingerprint density at radius 2 is 1.89 bits per heavy atom. The smallest absolute Gasteiger partial charge is 0.326 e. The number of nitrogens with two attached hydrogens (primary N) is 2. The molecule has 6 N–H and O–H groups in total. The van der Waals surface area contributed by atoms with E-state index in [1.54, 1.807) is 0 Å². The van der Waals surface area contributed by atoms with Gasteiger partial charge in [0.25, 0.3) is 0 Å². The Balaban J connectivity index is 2.06. The van der Waals surface area contributed by atoms with Gasteiger partial charge in [0.1, 0.15) is 12.1 Å². The van der Waals surface area contributed by atoms with E-state index in [1.807, 2.05) is 30.3 Å². The summed E-state index contributed by atoms with van der Waals surface area (Å²) in [6.07, 6.45) is 1.07. The Labute approximate surface area is 163 Å². The Bertz CT molecular complexity index is 724. The van der Waals surface area contributed by atoms with Crippen molar-refractivity contribution < 1.29 is 24.3 Å². The van der Waals surface area contributed by atoms with Gasteiger partial charge in [-0.2, -0.15) is 0 Å². The number of nitrogens with one attached hydrogen (secondary N) is 1. The highest BCUT2D eigenvalue weighted by Gasteiger charge is 2.37. The largest absolute Gasteiger partial charge is 0.480 e. The van der Waals surface area contributed by atoms with E-state index in [0.717, 1.165) is 5.56 Å². The van der Waals surface area contributed by atoms with Gasteiger partial charge in [0.05, 0.1) is 6.04 Å². The van der Waals surface area contributed by atoms with Gasteiger partial charge in [-0.1, -0.05) is 30.3 Å². The molecule has 0 bridgehead atoms. The van der Waals surface area contributed by atoms with Gasteiger partial charge in [-0.15, -0.1) is 0 Å². The second-order valence-electron chi connectivity index (χ2n) is 6.89. The molecule has 9 nitrogen and oxygen atoms in total. The molecule has 9 heteroatoms. The summed E-state index contributed by atoms with van der Waals surface area (Å²) in [6.45, 7) is 0.287. The van der Waals surface area contributed by atoms with Crippen molar-refractivity contribution in [1.29, 1.82) is 0 Å². The maximum atomic E-state index is 12.8. The van der Waals surface area contributed by atoms with Gasteiger partial charge in [-0.3, -0.25) is 14.4 Å². The number of nitrogens with zero attached hydrogens (tertiary/aromatic N) is 1. The zero-order chi connectivity index (χ0) is 20.7. The van der Waals surface area contributed by atoms with Crippen LogP contribution >= 0.6 is 0 Å². The van der Waals surface area contributed by atoms with E-state index >= 15 is 0 Å². The molecule has 152 valence electrons. The van der Waals surface area contributed by atoms with Crippen molar-refractivity contribution in [2.45, 2.75) is 50.2 Å². The summed E-state index contributed by atoms with van der Waals surface area (Å²) in [5.74, 6) is -2.78. The predicted octanol–water partition coefficient (Wildman–Crippen LogP) is -0.618. The highest BCUT2D eigenvalue weighted by atomic mass is 16.4. The number of hydrogen-bond acceptors (Lipinski definition) is 5. The van der Waals surface area contributed by atoms with Crippen LogP contribution in [-0.2, 0) is 25.6 Å². The zero-order valence-corrected chi connectivity index (χ0v) is 15.5. The molecule has 0 aliphatic carbocycles. The molecule has 0 saturated carbocycles. The number of aliphatic carboxylic acids is 1. The van der Waals surface area contributed by atoms with Crippen molar-refractivity contribution in [3.63, 3.8) is 0 Å². The van der Waals surface area contributed by atoms with E-state index in [-0.39, 0.29) is 25.8 Å². The first-order valence-corrected chi connectivity index (χ1v) is 9.21. The van der Waals surface area contributed by atoms with Crippen molar-refractivity contribution in [1.82, 2.24) is 10.2 Å². The Morgan fingerprint density at radius 3 is 2.50 bits per heavy atom. The molecule has 2 rings (SSSR count). The van der Waals surface area contributed by atoms with Crippen molar-refractivity contribution in [3.05, 3.63) is 35.9 Å². The quantitative estimate of drug-likeness (QED) is 0.440. The second-order valence-corrected chi connectivity index (χ2v) is 6.89. The summed E-state index contributed by atoms with van der Waals surface area (Å²) in [5, 5.41) is 11.9. The summed E-state index contributed by atoms with van der Waals surface area (Å²) in [6, 6.07) is 6.31. The average Bonchev–Trinajstić information content (AvgIpc) is 3.15. The number of primary amides is 1. The molecule has 28 heavy (non-hydrogen) atoms. The number of rotatable bonds is 9. The number of carboxylic acids is 1. The van der Waals surface area contributed by atoms with Crippen molar-refractivity contribution in [3.8, 4) is 0 Å². The molecule has 0 spiro atoms. The van der Waals surface area contributed by atoms with Gasteiger partial charge in [-0.05, 0) is 31.2 Å². The fourth-order valence-electron chi connectivity index (χ4n) is 3.27. The van der Waals surface area contributed by atoms with Gasteiger partial charge >= 0.3 is 5.97 Å². The second kappa shape index (κ2) is 9.84. The third-order valence-corrected chi connectivity index (χ3v) is 4.75. The lowest BCUT2D eigenvalue weighted by Gasteiger charge is -2.28. The van der Waals surface area contributed by atoms with Crippen LogP contribution in [-0.4, -0.2) is 58.4 Å². The maximum Gasteiger partial charge on any atom is 0.326 e. The highest BCUT2D eigenvalue weighted by Crippen LogP contribution is 2.19. The van der Waals surface area contributed by atoms with Crippen molar-refractivity contribution in [2.24, 2.45) is 11.5 Å². The number of carbonyl (C=O) groups excluding carboxylic acids is 3. The zero-order valence-electron chi connectivity index (χ0n) is 15.5. The summed E-state index contributed by atoms with van der Waals surface area (Å²) in [5.41, 5.74) is 12.0. The first-order valence-electron chi connectivity index (χ1n) is 9.21. The van der Waals surface area contributed by atoms with Crippen LogP contribution in [0.4, 0.5) is 0 Å². The van der Waals surface area contributed by atoms with Crippen LogP contribution in [0.15, 0.2) is 30.3 Å². The minimum atomic E-state index is -1.09. The summed E-state index contributed by atoms with van der Waals surface area (Å²) < 4.78 is 0. The summed E-state index contributed by atoms with van der Waals surface area (Å²) >= 11 is 0. The molecule has 1 saturated heterocycles. The molecular weight excluding hydrogens is 364 g/mol. The lowest BCUT2D eigenvalue weighted by molar-refractivity contribution is -0.149. The maximum absolute atomic E-state index is 12.8. The molecule has 3 amide bonds. The SMILES string of the molecule is NC(=O)CC[C@H](NC(=O)[C@@H](N)Cc1ccccc1)C(=O)N1CCC[C@@H]1C(=O)O. The van der Waals surface area contributed by atoms with Crippen LogP contribution < -0.4 is 16.8 Å². The lowest BCUT2D eigenvalue weighted by atomic mass is 10.0. The number of benzene rings is 1. The molecule has 0 unspecified atom stereocenters. The van der Waals surface area contributed by atoms with Crippen molar-refractivity contribution >= 4 is 23.7 Å². The molecule has 1 aliphatic heterocycles. The molecule has 1 aliphatic rings. The Kier molecular flexibility index (Phi) is 7.51. The third kappa shape index (κ3) is 5.78. The molecule has 1 fully saturated rings. The van der Waals surface area contributed by atoms with E-state index in [4.69, 9.17) is 11.5 Å². The molecular formula is C19H26N4O5. The standard InChI is InChI=1S/C19H26N4O5/c20-13(11-12-5-2-1-3-6-12)17(25)22-14(8-9-16(21)24)18(26)23-10-4-7-15(23)19(27)28/h1-3,5-6,13-15H,4,7-11,20H2,(H2,21,24)(H,22,25)(H,27,28)/t13-,14-,15+/m0/s1. The summed E-state index contributed by atoms with van der Waals surface area (Å²) in [4.78, 5) is 49.1. The predicted molar refractivity (Wildman–Crippen MR) is 101 cm³/mol. The van der Waals surface area contributed by atoms with Gasteiger partial charge in [0.2, 0.25) is 17.7 Å². The van der Waals surface area contributed by atoms with Crippen LogP contribution in [0.25, 0.3) is 0 Å². The molecule has 3 atom stereocenters. The fraction of sp³-hybridized carbons (Fsp3) is 0.474. The van der Waals surface area contributed by atoms with Gasteiger partial charge in [0.15, 0.2) is 0 Å². The van der Waals surface area contributed by atoms with Crippen LogP contribution in [0, 0.1) is 0 Å². The van der Waals surface area contributed by atoms with Crippen molar-refractivity contribution in [2.75, 3.05) is 6.54 Å². The minimum absolute atomic E-state index is 0.0131. The van der Waals surface area contributed by atoms with E-state index < -0.39 is 41.8 Å². The van der Waals surface area contributed by atoms with Gasteiger partial charge in [0, 0.05) is 13.0 Å². The van der Waals surface area contributed by atoms with E-state index in [1.165, 1.54) is 4.90 Å². The van der Waals surface area contributed by atoms with E-state index in [2.05, 4.69) is 5.32 Å². The van der Waals surface area contributed by atoms with Crippen LogP contribution in [0.1, 0.15) is 31.2 Å². The van der Waals surface area contributed by atoms with E-state index in [0.29, 0.717) is 12.8 Å². The first-order chi connectivity index (χ1) is 13.3. The van der Waals surface area contributed by atoms with Crippen LogP contribution in [0.2, 0.25) is 0 Å². The minimum Gasteiger partial charge on any atom is -0.480 e. The monoisotopic (exact) mass is 390 g/mol. The number of amides is 3. The third-order valence-electron chi connectivity index (χ3n) is 4.75. The number of likely N-dealkylation sites (tertiary alicyclic amines) is 1. The number of hydrogen-bond donors (Lipinski definition) is 4. The molecule has 0 aromatic heterocycles. The topological polar surface area (TPSA) is 156 Å². The summed E-state index contributed by atoms with van der Waals surface area (Å²) in [7, 11) is 0. The fourth-order valence-corrected chi connectivity index (χ4v) is 3.27.